The van der Waals surface area contributed by atoms with Gasteiger partial charge < -0.3 is 10.0 Å². The zero-order valence-electron chi connectivity index (χ0n) is 13.2. The molecule has 1 aromatic heterocycles. The summed E-state index contributed by atoms with van der Waals surface area (Å²) in [6, 6.07) is 9.33. The number of carbonyl (C=O) groups excluding carboxylic acids is 1. The van der Waals surface area contributed by atoms with E-state index in [0.717, 1.165) is 17.0 Å². The summed E-state index contributed by atoms with van der Waals surface area (Å²) in [6.07, 6.45) is 3.88. The van der Waals surface area contributed by atoms with Crippen molar-refractivity contribution in [1.82, 2.24) is 14.7 Å². The normalized spacial score (nSPS) is 17.7. The SMILES string of the molecule is O=C(O)CC1CSCCN1C(=O)Cc1ccc(-n2cccn2)cc1. The van der Waals surface area contributed by atoms with Gasteiger partial charge in [0.15, 0.2) is 0 Å². The van der Waals surface area contributed by atoms with Crippen molar-refractivity contribution >= 4 is 23.6 Å². The highest BCUT2D eigenvalue weighted by molar-refractivity contribution is 7.99. The van der Waals surface area contributed by atoms with Crippen molar-refractivity contribution in [2.24, 2.45) is 0 Å². The number of nitrogens with zero attached hydrogens (tertiary/aromatic N) is 3. The van der Waals surface area contributed by atoms with Gasteiger partial charge in [0.1, 0.15) is 0 Å². The third-order valence-corrected chi connectivity index (χ3v) is 5.11. The summed E-state index contributed by atoms with van der Waals surface area (Å²) in [4.78, 5) is 25.3. The molecule has 1 aromatic carbocycles. The smallest absolute Gasteiger partial charge is 0.305 e. The second-order valence-electron chi connectivity index (χ2n) is 5.71. The molecule has 0 bridgehead atoms. The van der Waals surface area contributed by atoms with Crippen LogP contribution in [0, 0.1) is 0 Å². The molecule has 1 aliphatic heterocycles. The molecule has 0 radical (unpaired) electrons. The number of carbonyl (C=O) groups is 2. The van der Waals surface area contributed by atoms with Crippen molar-refractivity contribution in [3.63, 3.8) is 0 Å². The molecular formula is C17H19N3O3S. The Bertz CT molecular complexity index is 700. The first-order valence-corrected chi connectivity index (χ1v) is 8.97. The molecule has 1 amide bonds. The summed E-state index contributed by atoms with van der Waals surface area (Å²) in [6.45, 7) is 0.618. The molecule has 1 saturated heterocycles. The molecule has 0 saturated carbocycles. The average molecular weight is 345 g/mol. The number of amides is 1. The Labute approximate surface area is 144 Å². The van der Waals surface area contributed by atoms with Crippen LogP contribution in [0.2, 0.25) is 0 Å². The van der Waals surface area contributed by atoms with E-state index >= 15 is 0 Å². The molecule has 1 atom stereocenters. The van der Waals surface area contributed by atoms with Crippen LogP contribution in [0.5, 0.6) is 0 Å². The Kier molecular flexibility index (Phi) is 5.20. The van der Waals surface area contributed by atoms with Gasteiger partial charge >= 0.3 is 5.97 Å². The zero-order valence-corrected chi connectivity index (χ0v) is 14.0. The third kappa shape index (κ3) is 3.97. The third-order valence-electron chi connectivity index (χ3n) is 4.02. The molecule has 3 rings (SSSR count). The number of thioether (sulfide) groups is 1. The van der Waals surface area contributed by atoms with Gasteiger partial charge in [-0.2, -0.15) is 16.9 Å². The second kappa shape index (κ2) is 7.53. The summed E-state index contributed by atoms with van der Waals surface area (Å²) >= 11 is 1.71. The number of carboxylic acids is 1. The first kappa shape index (κ1) is 16.6. The molecule has 6 nitrogen and oxygen atoms in total. The van der Waals surface area contributed by atoms with Gasteiger partial charge in [-0.3, -0.25) is 9.59 Å². The molecule has 2 aromatic rings. The molecule has 7 heteroatoms. The minimum atomic E-state index is -0.858. The number of hydrogen-bond donors (Lipinski definition) is 1. The average Bonchev–Trinajstić information content (AvgIpc) is 3.10. The lowest BCUT2D eigenvalue weighted by Crippen LogP contribution is -2.47. The Hall–Kier alpha value is -2.28. The highest BCUT2D eigenvalue weighted by Gasteiger charge is 2.28. The molecule has 1 N–H and O–H groups in total. The first-order chi connectivity index (χ1) is 11.6. The predicted octanol–water partition coefficient (Wildman–Crippen LogP) is 1.83. The molecule has 1 unspecified atom stereocenters. The van der Waals surface area contributed by atoms with E-state index in [0.29, 0.717) is 18.7 Å². The maximum absolute atomic E-state index is 12.6. The summed E-state index contributed by atoms with van der Waals surface area (Å²) in [5.41, 5.74) is 1.86. The molecule has 0 aliphatic carbocycles. The van der Waals surface area contributed by atoms with Crippen molar-refractivity contribution in [3.05, 3.63) is 48.3 Å². The van der Waals surface area contributed by atoms with Gasteiger partial charge in [0.05, 0.1) is 24.6 Å². The summed E-state index contributed by atoms with van der Waals surface area (Å²) in [7, 11) is 0. The topological polar surface area (TPSA) is 75.4 Å². The van der Waals surface area contributed by atoms with Crippen LogP contribution in [0.15, 0.2) is 42.7 Å². The summed E-state index contributed by atoms with van der Waals surface area (Å²) < 4.78 is 1.76. The minimum Gasteiger partial charge on any atom is -0.481 e. The van der Waals surface area contributed by atoms with E-state index < -0.39 is 5.97 Å². The largest absolute Gasteiger partial charge is 0.481 e. The molecular weight excluding hydrogens is 326 g/mol. The number of aromatic nitrogens is 2. The fraction of sp³-hybridized carbons (Fsp3) is 0.353. The number of benzene rings is 1. The monoisotopic (exact) mass is 345 g/mol. The van der Waals surface area contributed by atoms with E-state index in [2.05, 4.69) is 5.10 Å². The Balaban J connectivity index is 1.66. The number of hydrogen-bond acceptors (Lipinski definition) is 4. The van der Waals surface area contributed by atoms with Crippen molar-refractivity contribution in [3.8, 4) is 5.69 Å². The molecule has 1 fully saturated rings. The Morgan fingerprint density at radius 2 is 2.08 bits per heavy atom. The van der Waals surface area contributed by atoms with Crippen molar-refractivity contribution < 1.29 is 14.7 Å². The summed E-state index contributed by atoms with van der Waals surface area (Å²) in [5, 5.41) is 13.2. The second-order valence-corrected chi connectivity index (χ2v) is 6.86. The van der Waals surface area contributed by atoms with Gasteiger partial charge in [-0.1, -0.05) is 12.1 Å². The van der Waals surface area contributed by atoms with Gasteiger partial charge in [0, 0.05) is 30.4 Å². The lowest BCUT2D eigenvalue weighted by molar-refractivity contribution is -0.140. The predicted molar refractivity (Wildman–Crippen MR) is 92.3 cm³/mol. The first-order valence-electron chi connectivity index (χ1n) is 7.81. The van der Waals surface area contributed by atoms with E-state index in [-0.39, 0.29) is 18.4 Å². The maximum atomic E-state index is 12.6. The van der Waals surface area contributed by atoms with Gasteiger partial charge in [0.25, 0.3) is 0 Å². The highest BCUT2D eigenvalue weighted by atomic mass is 32.2. The van der Waals surface area contributed by atoms with Crippen LogP contribution >= 0.6 is 11.8 Å². The van der Waals surface area contributed by atoms with Crippen molar-refractivity contribution in [1.29, 1.82) is 0 Å². The molecule has 126 valence electrons. The Morgan fingerprint density at radius 1 is 1.29 bits per heavy atom. The van der Waals surface area contributed by atoms with Crippen molar-refractivity contribution in [2.45, 2.75) is 18.9 Å². The van der Waals surface area contributed by atoms with E-state index in [1.165, 1.54) is 0 Å². The van der Waals surface area contributed by atoms with Crippen LogP contribution in [0.4, 0.5) is 0 Å². The number of carboxylic acid groups (broad SMARTS) is 1. The lowest BCUT2D eigenvalue weighted by atomic mass is 10.1. The quantitative estimate of drug-likeness (QED) is 0.895. The molecule has 24 heavy (non-hydrogen) atoms. The van der Waals surface area contributed by atoms with Crippen LogP contribution in [-0.2, 0) is 16.0 Å². The van der Waals surface area contributed by atoms with Crippen LogP contribution in [-0.4, -0.2) is 55.8 Å². The molecule has 1 aliphatic rings. The van der Waals surface area contributed by atoms with Gasteiger partial charge in [-0.15, -0.1) is 0 Å². The Morgan fingerprint density at radius 3 is 2.75 bits per heavy atom. The van der Waals surface area contributed by atoms with Crippen LogP contribution in [0.3, 0.4) is 0 Å². The number of aliphatic carboxylic acids is 1. The minimum absolute atomic E-state index is 0.00612. The van der Waals surface area contributed by atoms with Crippen LogP contribution in [0.25, 0.3) is 5.69 Å². The van der Waals surface area contributed by atoms with Crippen LogP contribution < -0.4 is 0 Å². The van der Waals surface area contributed by atoms with Crippen LogP contribution in [0.1, 0.15) is 12.0 Å². The number of rotatable bonds is 5. The fourth-order valence-corrected chi connectivity index (χ4v) is 3.88. The van der Waals surface area contributed by atoms with E-state index in [1.807, 2.05) is 36.5 Å². The van der Waals surface area contributed by atoms with Crippen molar-refractivity contribution in [2.75, 3.05) is 18.1 Å². The van der Waals surface area contributed by atoms with Gasteiger partial charge in [0.2, 0.25) is 5.91 Å². The summed E-state index contributed by atoms with van der Waals surface area (Å²) in [5.74, 6) is 0.688. The van der Waals surface area contributed by atoms with E-state index in [1.54, 1.807) is 27.5 Å². The van der Waals surface area contributed by atoms with E-state index in [9.17, 15) is 9.59 Å². The highest BCUT2D eigenvalue weighted by Crippen LogP contribution is 2.20. The lowest BCUT2D eigenvalue weighted by Gasteiger charge is -2.34. The standard InChI is InChI=1S/C17H19N3O3S/c21-16(19-8-9-24-12-15(19)11-17(22)23)10-13-2-4-14(5-3-13)20-7-1-6-18-20/h1-7,15H,8-12H2,(H,22,23). The fourth-order valence-electron chi connectivity index (χ4n) is 2.82. The molecule has 0 spiro atoms. The van der Waals surface area contributed by atoms with Gasteiger partial charge in [-0.25, -0.2) is 4.68 Å². The van der Waals surface area contributed by atoms with Gasteiger partial charge in [-0.05, 0) is 23.8 Å². The maximum Gasteiger partial charge on any atom is 0.305 e. The van der Waals surface area contributed by atoms with E-state index in [4.69, 9.17) is 5.11 Å². The zero-order chi connectivity index (χ0) is 16.9. The molecule has 2 heterocycles.